The van der Waals surface area contributed by atoms with Crippen LogP contribution in [0, 0.1) is 11.3 Å². The van der Waals surface area contributed by atoms with Gasteiger partial charge in [-0.05, 0) is 18.8 Å². The van der Waals surface area contributed by atoms with Crippen LogP contribution in [0.15, 0.2) is 18.6 Å². The maximum absolute atomic E-state index is 12.2. The molecule has 114 valence electrons. The second kappa shape index (κ2) is 5.62. The van der Waals surface area contributed by atoms with Crippen molar-refractivity contribution in [3.8, 4) is 0 Å². The van der Waals surface area contributed by atoms with Crippen LogP contribution in [0.2, 0.25) is 0 Å². The molecule has 0 N–H and O–H groups in total. The van der Waals surface area contributed by atoms with Crippen molar-refractivity contribution in [3.05, 3.63) is 18.6 Å². The molecular weight excluding hydrogens is 264 g/mol. The first-order chi connectivity index (χ1) is 10.1. The van der Waals surface area contributed by atoms with E-state index in [2.05, 4.69) is 33.6 Å². The third kappa shape index (κ3) is 3.01. The SMILES string of the molecule is CC(C)CN1CC2(CCN(c3cnccn3)CC2)CC1=O. The Kier molecular flexibility index (Phi) is 3.83. The van der Waals surface area contributed by atoms with Gasteiger partial charge < -0.3 is 9.80 Å². The van der Waals surface area contributed by atoms with Gasteiger partial charge in [0.05, 0.1) is 6.20 Å². The minimum atomic E-state index is 0.199. The molecule has 3 rings (SSSR count). The number of aromatic nitrogens is 2. The molecule has 0 saturated carbocycles. The van der Waals surface area contributed by atoms with Crippen molar-refractivity contribution in [2.24, 2.45) is 11.3 Å². The zero-order valence-corrected chi connectivity index (χ0v) is 13.0. The molecule has 3 heterocycles. The summed E-state index contributed by atoms with van der Waals surface area (Å²) < 4.78 is 0. The van der Waals surface area contributed by atoms with Crippen molar-refractivity contribution >= 4 is 11.7 Å². The van der Waals surface area contributed by atoms with Gasteiger partial charge in [0.15, 0.2) is 0 Å². The van der Waals surface area contributed by atoms with Crippen molar-refractivity contribution in [1.29, 1.82) is 0 Å². The van der Waals surface area contributed by atoms with Crippen LogP contribution in [0.1, 0.15) is 33.1 Å². The van der Waals surface area contributed by atoms with Gasteiger partial charge in [-0.15, -0.1) is 0 Å². The lowest BCUT2D eigenvalue weighted by atomic mass is 9.77. The van der Waals surface area contributed by atoms with Gasteiger partial charge >= 0.3 is 0 Å². The van der Waals surface area contributed by atoms with Crippen LogP contribution < -0.4 is 4.90 Å². The van der Waals surface area contributed by atoms with E-state index in [1.165, 1.54) is 0 Å². The minimum absolute atomic E-state index is 0.199. The van der Waals surface area contributed by atoms with Crippen LogP contribution in [0.25, 0.3) is 0 Å². The Bertz CT molecular complexity index is 494. The Morgan fingerprint density at radius 1 is 1.29 bits per heavy atom. The van der Waals surface area contributed by atoms with Gasteiger partial charge in [0.2, 0.25) is 5.91 Å². The molecule has 0 atom stereocenters. The summed E-state index contributed by atoms with van der Waals surface area (Å²) in [7, 11) is 0. The van der Waals surface area contributed by atoms with E-state index in [0.29, 0.717) is 11.8 Å². The lowest BCUT2D eigenvalue weighted by Gasteiger charge is -2.39. The number of hydrogen-bond donors (Lipinski definition) is 0. The van der Waals surface area contributed by atoms with E-state index >= 15 is 0 Å². The second-order valence-electron chi connectivity index (χ2n) is 6.90. The van der Waals surface area contributed by atoms with Crippen LogP contribution in [-0.4, -0.2) is 47.0 Å². The minimum Gasteiger partial charge on any atom is -0.355 e. The van der Waals surface area contributed by atoms with E-state index in [1.807, 2.05) is 6.20 Å². The van der Waals surface area contributed by atoms with Gasteiger partial charge in [0.1, 0.15) is 5.82 Å². The molecule has 0 bridgehead atoms. The highest BCUT2D eigenvalue weighted by Gasteiger charge is 2.44. The summed E-state index contributed by atoms with van der Waals surface area (Å²) in [4.78, 5) is 25.1. The van der Waals surface area contributed by atoms with Crippen LogP contribution in [-0.2, 0) is 4.79 Å². The number of nitrogens with zero attached hydrogens (tertiary/aromatic N) is 4. The van der Waals surface area contributed by atoms with E-state index in [9.17, 15) is 4.79 Å². The van der Waals surface area contributed by atoms with E-state index in [4.69, 9.17) is 0 Å². The molecule has 2 fully saturated rings. The Hall–Kier alpha value is -1.65. The fourth-order valence-electron chi connectivity index (χ4n) is 3.59. The van der Waals surface area contributed by atoms with E-state index in [0.717, 1.165) is 51.3 Å². The van der Waals surface area contributed by atoms with Gasteiger partial charge in [-0.3, -0.25) is 9.78 Å². The average Bonchev–Trinajstić information content (AvgIpc) is 2.76. The molecule has 1 aromatic rings. The molecule has 21 heavy (non-hydrogen) atoms. The van der Waals surface area contributed by atoms with Gasteiger partial charge in [-0.25, -0.2) is 4.98 Å². The average molecular weight is 288 g/mol. The number of rotatable bonds is 3. The summed E-state index contributed by atoms with van der Waals surface area (Å²) in [6.45, 7) is 8.14. The van der Waals surface area contributed by atoms with Crippen molar-refractivity contribution in [1.82, 2.24) is 14.9 Å². The topological polar surface area (TPSA) is 49.3 Å². The predicted molar refractivity (Wildman–Crippen MR) is 81.9 cm³/mol. The maximum Gasteiger partial charge on any atom is 0.223 e. The molecule has 2 aliphatic heterocycles. The van der Waals surface area contributed by atoms with Crippen molar-refractivity contribution < 1.29 is 4.79 Å². The van der Waals surface area contributed by atoms with Gasteiger partial charge in [0, 0.05) is 50.4 Å². The molecule has 1 amide bonds. The predicted octanol–water partition coefficient (Wildman–Crippen LogP) is 1.95. The standard InChI is InChI=1S/C16H24N4O/c1-13(2)11-20-12-16(9-15(20)21)3-7-19(8-4-16)14-10-17-5-6-18-14/h5-6,10,13H,3-4,7-9,11-12H2,1-2H3. The second-order valence-corrected chi connectivity index (χ2v) is 6.90. The molecule has 5 heteroatoms. The van der Waals surface area contributed by atoms with Crippen LogP contribution >= 0.6 is 0 Å². The summed E-state index contributed by atoms with van der Waals surface area (Å²) in [6.07, 6.45) is 8.14. The lowest BCUT2D eigenvalue weighted by Crippen LogP contribution is -2.42. The zero-order chi connectivity index (χ0) is 14.9. The Morgan fingerprint density at radius 3 is 2.67 bits per heavy atom. The van der Waals surface area contributed by atoms with Crippen molar-refractivity contribution in [2.75, 3.05) is 31.1 Å². The fourth-order valence-corrected chi connectivity index (χ4v) is 3.59. The fraction of sp³-hybridized carbons (Fsp3) is 0.688. The molecule has 2 aliphatic rings. The quantitative estimate of drug-likeness (QED) is 0.853. The Labute approximate surface area is 126 Å². The van der Waals surface area contributed by atoms with Gasteiger partial charge in [-0.2, -0.15) is 0 Å². The number of hydrogen-bond acceptors (Lipinski definition) is 4. The normalized spacial score (nSPS) is 21.6. The first-order valence-electron chi connectivity index (χ1n) is 7.87. The molecule has 0 aromatic carbocycles. The summed E-state index contributed by atoms with van der Waals surface area (Å²) in [5, 5.41) is 0. The molecule has 1 aromatic heterocycles. The Morgan fingerprint density at radius 2 is 2.05 bits per heavy atom. The monoisotopic (exact) mass is 288 g/mol. The van der Waals surface area contributed by atoms with Gasteiger partial charge in [0.25, 0.3) is 0 Å². The first kappa shape index (κ1) is 14.3. The molecule has 5 nitrogen and oxygen atoms in total. The molecule has 2 saturated heterocycles. The Balaban J connectivity index is 1.62. The smallest absolute Gasteiger partial charge is 0.223 e. The maximum atomic E-state index is 12.2. The van der Waals surface area contributed by atoms with Crippen molar-refractivity contribution in [3.63, 3.8) is 0 Å². The van der Waals surface area contributed by atoms with Crippen LogP contribution in [0.5, 0.6) is 0 Å². The van der Waals surface area contributed by atoms with Crippen LogP contribution in [0.4, 0.5) is 5.82 Å². The number of carbonyl (C=O) groups is 1. The molecule has 0 radical (unpaired) electrons. The van der Waals surface area contributed by atoms with E-state index < -0.39 is 0 Å². The molecular formula is C16H24N4O. The third-order valence-electron chi connectivity index (χ3n) is 4.69. The number of carbonyl (C=O) groups excluding carboxylic acids is 1. The molecule has 1 spiro atoms. The van der Waals surface area contributed by atoms with Crippen molar-refractivity contribution in [2.45, 2.75) is 33.1 Å². The summed E-state index contributed by atoms with van der Waals surface area (Å²) in [5.41, 5.74) is 0.199. The van der Waals surface area contributed by atoms with Gasteiger partial charge in [-0.1, -0.05) is 13.8 Å². The lowest BCUT2D eigenvalue weighted by molar-refractivity contribution is -0.128. The first-order valence-corrected chi connectivity index (χ1v) is 7.87. The number of likely N-dealkylation sites (tertiary alicyclic amines) is 1. The summed E-state index contributed by atoms with van der Waals surface area (Å²) >= 11 is 0. The van der Waals surface area contributed by atoms with E-state index in [1.54, 1.807) is 12.4 Å². The summed E-state index contributed by atoms with van der Waals surface area (Å²) in [6, 6.07) is 0. The molecule has 0 unspecified atom stereocenters. The highest BCUT2D eigenvalue weighted by molar-refractivity contribution is 5.79. The third-order valence-corrected chi connectivity index (χ3v) is 4.69. The highest BCUT2D eigenvalue weighted by Crippen LogP contribution is 2.41. The van der Waals surface area contributed by atoms with Crippen LogP contribution in [0.3, 0.4) is 0 Å². The molecule has 0 aliphatic carbocycles. The summed E-state index contributed by atoms with van der Waals surface area (Å²) in [5.74, 6) is 1.84. The number of amides is 1. The highest BCUT2D eigenvalue weighted by atomic mass is 16.2. The number of anilines is 1. The zero-order valence-electron chi connectivity index (χ0n) is 13.0. The largest absolute Gasteiger partial charge is 0.355 e. The number of piperidine rings is 1. The van der Waals surface area contributed by atoms with E-state index in [-0.39, 0.29) is 5.41 Å².